The van der Waals surface area contributed by atoms with Crippen molar-refractivity contribution in [3.8, 4) is 0 Å². The molecule has 0 aromatic heterocycles. The van der Waals surface area contributed by atoms with E-state index in [1.165, 1.54) is 7.11 Å². The van der Waals surface area contributed by atoms with Crippen LogP contribution in [-0.4, -0.2) is 24.8 Å². The third kappa shape index (κ3) is 3.37. The van der Waals surface area contributed by atoms with Crippen LogP contribution in [0.25, 0.3) is 0 Å². The predicted molar refractivity (Wildman–Crippen MR) is 42.0 cm³/mol. The Morgan fingerprint density at radius 1 is 1.55 bits per heavy atom. The molecule has 0 aliphatic carbocycles. The molecular formula is C8H16O3. The van der Waals surface area contributed by atoms with Crippen molar-refractivity contribution in [1.82, 2.24) is 0 Å². The van der Waals surface area contributed by atoms with E-state index in [4.69, 9.17) is 5.11 Å². The Morgan fingerprint density at radius 3 is 2.36 bits per heavy atom. The summed E-state index contributed by atoms with van der Waals surface area (Å²) < 4.78 is 4.58. The van der Waals surface area contributed by atoms with Crippen LogP contribution in [-0.2, 0) is 9.53 Å². The van der Waals surface area contributed by atoms with Crippen LogP contribution >= 0.6 is 0 Å². The highest BCUT2D eigenvalue weighted by Gasteiger charge is 2.21. The van der Waals surface area contributed by atoms with Gasteiger partial charge in [0.25, 0.3) is 0 Å². The molecule has 3 heteroatoms. The van der Waals surface area contributed by atoms with Crippen molar-refractivity contribution >= 4 is 5.97 Å². The Balaban J connectivity index is 3.98. The molecule has 0 heterocycles. The minimum Gasteiger partial charge on any atom is -0.469 e. The van der Waals surface area contributed by atoms with Gasteiger partial charge in [0.15, 0.2) is 0 Å². The summed E-state index contributed by atoms with van der Waals surface area (Å²) in [5, 5.41) is 8.62. The monoisotopic (exact) mass is 160 g/mol. The zero-order valence-corrected chi connectivity index (χ0v) is 7.33. The second-order valence-corrected chi connectivity index (χ2v) is 2.89. The summed E-state index contributed by atoms with van der Waals surface area (Å²) in [7, 11) is 1.37. The van der Waals surface area contributed by atoms with Gasteiger partial charge in [-0.05, 0) is 12.3 Å². The average molecular weight is 160 g/mol. The molecule has 0 radical (unpaired) electrons. The van der Waals surface area contributed by atoms with Crippen LogP contribution in [0.15, 0.2) is 0 Å². The third-order valence-electron chi connectivity index (χ3n) is 1.75. The van der Waals surface area contributed by atoms with Crippen LogP contribution in [0.2, 0.25) is 0 Å². The van der Waals surface area contributed by atoms with Gasteiger partial charge in [-0.3, -0.25) is 4.79 Å². The van der Waals surface area contributed by atoms with Gasteiger partial charge < -0.3 is 9.84 Å². The van der Waals surface area contributed by atoms with Gasteiger partial charge in [-0.1, -0.05) is 13.8 Å². The lowest BCUT2D eigenvalue weighted by Gasteiger charge is -2.16. The summed E-state index contributed by atoms with van der Waals surface area (Å²) >= 11 is 0. The first-order chi connectivity index (χ1) is 5.13. The Morgan fingerprint density at radius 2 is 2.09 bits per heavy atom. The lowest BCUT2D eigenvalue weighted by Crippen LogP contribution is -2.22. The highest BCUT2D eigenvalue weighted by Crippen LogP contribution is 2.15. The molecular weight excluding hydrogens is 144 g/mol. The largest absolute Gasteiger partial charge is 0.469 e. The van der Waals surface area contributed by atoms with Crippen molar-refractivity contribution in [3.05, 3.63) is 0 Å². The van der Waals surface area contributed by atoms with Crippen molar-refractivity contribution in [2.45, 2.75) is 20.3 Å². The summed E-state index contributed by atoms with van der Waals surface area (Å²) in [6.07, 6.45) is 0.490. The molecule has 66 valence electrons. The van der Waals surface area contributed by atoms with E-state index in [9.17, 15) is 4.79 Å². The van der Waals surface area contributed by atoms with Crippen LogP contribution in [0.4, 0.5) is 0 Å². The molecule has 0 aliphatic rings. The Labute approximate surface area is 67.4 Å². The number of hydrogen-bond donors (Lipinski definition) is 1. The number of ether oxygens (including phenoxy) is 1. The fraction of sp³-hybridized carbons (Fsp3) is 0.875. The molecule has 0 aromatic rings. The molecule has 0 rings (SSSR count). The molecule has 1 unspecified atom stereocenters. The number of methoxy groups -OCH3 is 1. The number of carbonyl (C=O) groups excluding carboxylic acids is 1. The maximum Gasteiger partial charge on any atom is 0.309 e. The van der Waals surface area contributed by atoms with Gasteiger partial charge in [0.2, 0.25) is 0 Å². The van der Waals surface area contributed by atoms with Crippen molar-refractivity contribution < 1.29 is 14.6 Å². The lowest BCUT2D eigenvalue weighted by molar-refractivity contribution is -0.147. The van der Waals surface area contributed by atoms with Gasteiger partial charge in [-0.25, -0.2) is 0 Å². The topological polar surface area (TPSA) is 46.5 Å². The number of aliphatic hydroxyl groups is 1. The van der Waals surface area contributed by atoms with Crippen LogP contribution in [0.1, 0.15) is 20.3 Å². The highest BCUT2D eigenvalue weighted by molar-refractivity contribution is 5.72. The summed E-state index contributed by atoms with van der Waals surface area (Å²) in [6.45, 7) is 3.92. The van der Waals surface area contributed by atoms with Gasteiger partial charge in [0, 0.05) is 6.61 Å². The fourth-order valence-corrected chi connectivity index (χ4v) is 1.01. The van der Waals surface area contributed by atoms with Crippen LogP contribution in [0.3, 0.4) is 0 Å². The second-order valence-electron chi connectivity index (χ2n) is 2.89. The SMILES string of the molecule is COC(=O)C(CCO)C(C)C. The average Bonchev–Trinajstić information content (AvgIpc) is 1.98. The number of rotatable bonds is 4. The number of esters is 1. The first kappa shape index (κ1) is 10.4. The van der Waals surface area contributed by atoms with E-state index in [1.54, 1.807) is 0 Å². The summed E-state index contributed by atoms with van der Waals surface area (Å²) in [5.41, 5.74) is 0. The molecule has 0 spiro atoms. The molecule has 0 amide bonds. The summed E-state index contributed by atoms with van der Waals surface area (Å²) in [5.74, 6) is -0.159. The zero-order chi connectivity index (χ0) is 8.85. The van der Waals surface area contributed by atoms with Gasteiger partial charge >= 0.3 is 5.97 Å². The second kappa shape index (κ2) is 5.13. The lowest BCUT2D eigenvalue weighted by atomic mass is 9.93. The smallest absolute Gasteiger partial charge is 0.309 e. The van der Waals surface area contributed by atoms with Crippen molar-refractivity contribution in [2.24, 2.45) is 11.8 Å². The molecule has 0 bridgehead atoms. The Bertz CT molecular complexity index is 121. The maximum atomic E-state index is 11.0. The summed E-state index contributed by atoms with van der Waals surface area (Å²) in [4.78, 5) is 11.0. The number of hydrogen-bond acceptors (Lipinski definition) is 3. The standard InChI is InChI=1S/C8H16O3/c1-6(2)7(4-5-9)8(10)11-3/h6-7,9H,4-5H2,1-3H3. The maximum absolute atomic E-state index is 11.0. The molecule has 0 aromatic carbocycles. The van der Waals surface area contributed by atoms with Gasteiger partial charge in [0.05, 0.1) is 13.0 Å². The van der Waals surface area contributed by atoms with Crippen molar-refractivity contribution in [1.29, 1.82) is 0 Å². The van der Waals surface area contributed by atoms with E-state index in [0.717, 1.165) is 0 Å². The molecule has 0 saturated carbocycles. The van der Waals surface area contributed by atoms with E-state index in [1.807, 2.05) is 13.8 Å². The van der Waals surface area contributed by atoms with Gasteiger partial charge in [-0.15, -0.1) is 0 Å². The first-order valence-electron chi connectivity index (χ1n) is 3.82. The third-order valence-corrected chi connectivity index (χ3v) is 1.75. The number of aliphatic hydroxyl groups excluding tert-OH is 1. The zero-order valence-electron chi connectivity index (χ0n) is 7.33. The predicted octanol–water partition coefficient (Wildman–Crippen LogP) is 0.814. The minimum atomic E-state index is -0.228. The van der Waals surface area contributed by atoms with Gasteiger partial charge in [0.1, 0.15) is 0 Å². The molecule has 1 atom stereocenters. The molecule has 0 aliphatic heterocycles. The number of carbonyl (C=O) groups is 1. The normalized spacial score (nSPS) is 13.2. The first-order valence-corrected chi connectivity index (χ1v) is 3.82. The Kier molecular flexibility index (Phi) is 4.86. The van der Waals surface area contributed by atoms with Crippen molar-refractivity contribution in [2.75, 3.05) is 13.7 Å². The fourth-order valence-electron chi connectivity index (χ4n) is 1.01. The van der Waals surface area contributed by atoms with Crippen LogP contribution in [0.5, 0.6) is 0 Å². The molecule has 3 nitrogen and oxygen atoms in total. The van der Waals surface area contributed by atoms with E-state index < -0.39 is 0 Å². The van der Waals surface area contributed by atoms with E-state index in [0.29, 0.717) is 6.42 Å². The van der Waals surface area contributed by atoms with E-state index in [2.05, 4.69) is 4.74 Å². The Hall–Kier alpha value is -0.570. The summed E-state index contributed by atoms with van der Waals surface area (Å²) in [6, 6.07) is 0. The molecule has 1 N–H and O–H groups in total. The molecule has 11 heavy (non-hydrogen) atoms. The molecule has 0 fully saturated rings. The quantitative estimate of drug-likeness (QED) is 0.619. The van der Waals surface area contributed by atoms with Crippen molar-refractivity contribution in [3.63, 3.8) is 0 Å². The minimum absolute atomic E-state index is 0.0396. The van der Waals surface area contributed by atoms with E-state index in [-0.39, 0.29) is 24.4 Å². The van der Waals surface area contributed by atoms with Crippen LogP contribution < -0.4 is 0 Å². The van der Waals surface area contributed by atoms with Crippen LogP contribution in [0, 0.1) is 11.8 Å². The van der Waals surface area contributed by atoms with Gasteiger partial charge in [-0.2, -0.15) is 0 Å². The highest BCUT2D eigenvalue weighted by atomic mass is 16.5. The molecule has 0 saturated heterocycles. The van der Waals surface area contributed by atoms with E-state index >= 15 is 0 Å².